The van der Waals surface area contributed by atoms with Crippen molar-refractivity contribution in [3.05, 3.63) is 53.8 Å². The number of nitrogens with zero attached hydrogens (tertiary/aromatic N) is 4. The van der Waals surface area contributed by atoms with E-state index in [1.54, 1.807) is 25.6 Å². The Kier molecular flexibility index (Phi) is 5.59. The molecule has 3 heterocycles. The van der Waals surface area contributed by atoms with Crippen molar-refractivity contribution >= 4 is 22.9 Å². The predicted molar refractivity (Wildman–Crippen MR) is 108 cm³/mol. The molecule has 1 atom stereocenters. The molecule has 2 aromatic heterocycles. The van der Waals surface area contributed by atoms with Crippen LogP contribution in [0.2, 0.25) is 0 Å². The van der Waals surface area contributed by atoms with Crippen molar-refractivity contribution in [1.29, 1.82) is 0 Å². The molecule has 1 amide bonds. The smallest absolute Gasteiger partial charge is 0.241 e. The molecular formula is C20H21N5O2S. The Balaban J connectivity index is 1.40. The first-order chi connectivity index (χ1) is 13.7. The first-order valence-corrected chi connectivity index (χ1v) is 10.0. The summed E-state index contributed by atoms with van der Waals surface area (Å²) in [6.07, 6.45) is 5.27. The van der Waals surface area contributed by atoms with Crippen LogP contribution in [0.3, 0.4) is 0 Å². The van der Waals surface area contributed by atoms with Crippen LogP contribution in [0.25, 0.3) is 10.8 Å². The number of benzene rings is 1. The number of carbonyl (C=O) groups excluding carboxylic acids is 1. The first kappa shape index (κ1) is 18.5. The highest BCUT2D eigenvalue weighted by Crippen LogP contribution is 2.25. The van der Waals surface area contributed by atoms with E-state index in [4.69, 9.17) is 4.74 Å². The zero-order chi connectivity index (χ0) is 19.3. The summed E-state index contributed by atoms with van der Waals surface area (Å²) >= 11 is 1.53. The van der Waals surface area contributed by atoms with Crippen molar-refractivity contribution in [2.75, 3.05) is 19.0 Å². The third-order valence-corrected chi connectivity index (χ3v) is 5.58. The van der Waals surface area contributed by atoms with Crippen molar-refractivity contribution in [3.63, 3.8) is 0 Å². The number of anilines is 1. The van der Waals surface area contributed by atoms with Crippen LogP contribution in [0.1, 0.15) is 18.5 Å². The summed E-state index contributed by atoms with van der Waals surface area (Å²) < 4.78 is 5.16. The summed E-state index contributed by atoms with van der Waals surface area (Å²) in [5, 5.41) is 5.82. The third-order valence-electron chi connectivity index (χ3n) is 4.70. The molecule has 3 aromatic rings. The number of hydrogen-bond acceptors (Lipinski definition) is 7. The molecular weight excluding hydrogens is 374 g/mol. The van der Waals surface area contributed by atoms with Gasteiger partial charge in [-0.05, 0) is 49.7 Å². The molecule has 28 heavy (non-hydrogen) atoms. The molecule has 1 aliphatic heterocycles. The second-order valence-electron chi connectivity index (χ2n) is 6.56. The standard InChI is InChI=1S/C20H21N5O2S/c1-27-16-7-5-14(6-8-16)23-19(26)17-4-2-11-25(17)12-15-13-28-20(24-15)18-21-9-3-10-22-18/h3,5-10,13,17H,2,4,11-12H2,1H3,(H,23,26)/t17-/m1/s1. The maximum Gasteiger partial charge on any atom is 0.241 e. The number of methoxy groups -OCH3 is 1. The molecule has 0 radical (unpaired) electrons. The number of hydrogen-bond donors (Lipinski definition) is 1. The molecule has 8 heteroatoms. The molecule has 1 fully saturated rings. The average Bonchev–Trinajstić information content (AvgIpc) is 3.39. The molecule has 0 saturated carbocycles. The highest BCUT2D eigenvalue weighted by atomic mass is 32.1. The highest BCUT2D eigenvalue weighted by Gasteiger charge is 2.31. The van der Waals surface area contributed by atoms with Crippen LogP contribution in [0, 0.1) is 0 Å². The minimum absolute atomic E-state index is 0.0181. The average molecular weight is 395 g/mol. The van der Waals surface area contributed by atoms with Gasteiger partial charge in [-0.2, -0.15) is 0 Å². The fourth-order valence-corrected chi connectivity index (χ4v) is 4.07. The summed E-state index contributed by atoms with van der Waals surface area (Å²) in [4.78, 5) is 28.1. The van der Waals surface area contributed by atoms with Crippen LogP contribution in [0.15, 0.2) is 48.1 Å². The quantitative estimate of drug-likeness (QED) is 0.690. The third kappa shape index (κ3) is 4.18. The SMILES string of the molecule is COc1ccc(NC(=O)[C@H]2CCCN2Cc2csc(-c3ncccn3)n2)cc1. The molecule has 144 valence electrons. The van der Waals surface area contributed by atoms with Crippen LogP contribution >= 0.6 is 11.3 Å². The van der Waals surface area contributed by atoms with E-state index in [1.165, 1.54) is 11.3 Å². The van der Waals surface area contributed by atoms with Gasteiger partial charge in [0.25, 0.3) is 0 Å². The second kappa shape index (κ2) is 8.45. The van der Waals surface area contributed by atoms with Crippen molar-refractivity contribution in [2.45, 2.75) is 25.4 Å². The number of likely N-dealkylation sites (tertiary alicyclic amines) is 1. The number of amides is 1. The Bertz CT molecular complexity index is 929. The lowest BCUT2D eigenvalue weighted by Gasteiger charge is -2.22. The Morgan fingerprint density at radius 3 is 2.82 bits per heavy atom. The fraction of sp³-hybridized carbons (Fsp3) is 0.300. The van der Waals surface area contributed by atoms with E-state index < -0.39 is 0 Å². The van der Waals surface area contributed by atoms with E-state index in [0.29, 0.717) is 12.4 Å². The van der Waals surface area contributed by atoms with Gasteiger partial charge in [0, 0.05) is 30.0 Å². The van der Waals surface area contributed by atoms with Crippen molar-refractivity contribution < 1.29 is 9.53 Å². The molecule has 7 nitrogen and oxygen atoms in total. The predicted octanol–water partition coefficient (Wildman–Crippen LogP) is 3.21. The lowest BCUT2D eigenvalue weighted by Crippen LogP contribution is -2.39. The maximum absolute atomic E-state index is 12.8. The van der Waals surface area contributed by atoms with Gasteiger partial charge in [0.15, 0.2) is 10.8 Å². The van der Waals surface area contributed by atoms with Crippen LogP contribution in [0.5, 0.6) is 5.75 Å². The van der Waals surface area contributed by atoms with Crippen molar-refractivity contribution in [3.8, 4) is 16.6 Å². The molecule has 1 aliphatic rings. The molecule has 1 aromatic carbocycles. The lowest BCUT2D eigenvalue weighted by molar-refractivity contribution is -0.120. The van der Waals surface area contributed by atoms with E-state index in [2.05, 4.69) is 25.2 Å². The van der Waals surface area contributed by atoms with Gasteiger partial charge in [-0.1, -0.05) is 0 Å². The lowest BCUT2D eigenvalue weighted by atomic mass is 10.2. The van der Waals surface area contributed by atoms with Gasteiger partial charge in [-0.25, -0.2) is 15.0 Å². The van der Waals surface area contributed by atoms with Gasteiger partial charge in [-0.15, -0.1) is 11.3 Å². The van der Waals surface area contributed by atoms with Gasteiger partial charge >= 0.3 is 0 Å². The van der Waals surface area contributed by atoms with E-state index in [9.17, 15) is 4.79 Å². The Hall–Kier alpha value is -2.84. The fourth-order valence-electron chi connectivity index (χ4n) is 3.31. The second-order valence-corrected chi connectivity index (χ2v) is 7.42. The van der Waals surface area contributed by atoms with Gasteiger partial charge in [0.05, 0.1) is 18.8 Å². The van der Waals surface area contributed by atoms with E-state index in [-0.39, 0.29) is 11.9 Å². The zero-order valence-electron chi connectivity index (χ0n) is 15.5. The summed E-state index contributed by atoms with van der Waals surface area (Å²) in [5.41, 5.74) is 1.71. The number of rotatable bonds is 6. The topological polar surface area (TPSA) is 80.2 Å². The number of thiazole rings is 1. The minimum atomic E-state index is -0.153. The molecule has 0 unspecified atom stereocenters. The Morgan fingerprint density at radius 1 is 1.29 bits per heavy atom. The summed E-state index contributed by atoms with van der Waals surface area (Å²) in [5.74, 6) is 1.42. The summed E-state index contributed by atoms with van der Waals surface area (Å²) in [6.45, 7) is 1.53. The van der Waals surface area contributed by atoms with Crippen LogP contribution in [-0.2, 0) is 11.3 Å². The van der Waals surface area contributed by atoms with E-state index >= 15 is 0 Å². The van der Waals surface area contributed by atoms with E-state index in [1.807, 2.05) is 29.6 Å². The maximum atomic E-state index is 12.8. The first-order valence-electron chi connectivity index (χ1n) is 9.13. The molecule has 1 N–H and O–H groups in total. The van der Waals surface area contributed by atoms with Gasteiger partial charge in [0.2, 0.25) is 5.91 Å². The van der Waals surface area contributed by atoms with Crippen LogP contribution < -0.4 is 10.1 Å². The minimum Gasteiger partial charge on any atom is -0.497 e. The Labute approximate surface area is 167 Å². The van der Waals surface area contributed by atoms with Crippen molar-refractivity contribution in [1.82, 2.24) is 19.9 Å². The summed E-state index contributed by atoms with van der Waals surface area (Å²) in [6, 6.07) is 9.01. The van der Waals surface area contributed by atoms with Crippen LogP contribution in [-0.4, -0.2) is 45.5 Å². The molecule has 4 rings (SSSR count). The van der Waals surface area contributed by atoms with E-state index in [0.717, 1.165) is 41.5 Å². The highest BCUT2D eigenvalue weighted by molar-refractivity contribution is 7.13. The number of nitrogens with one attached hydrogen (secondary N) is 1. The number of aromatic nitrogens is 3. The van der Waals surface area contributed by atoms with Gasteiger partial charge in [0.1, 0.15) is 5.75 Å². The van der Waals surface area contributed by atoms with Gasteiger partial charge < -0.3 is 10.1 Å². The molecule has 0 aliphatic carbocycles. The number of ether oxygens (including phenoxy) is 1. The zero-order valence-corrected chi connectivity index (χ0v) is 16.4. The van der Waals surface area contributed by atoms with Gasteiger partial charge in [-0.3, -0.25) is 9.69 Å². The monoisotopic (exact) mass is 395 g/mol. The molecule has 0 bridgehead atoms. The molecule has 1 saturated heterocycles. The summed E-state index contributed by atoms with van der Waals surface area (Å²) in [7, 11) is 1.62. The normalized spacial score (nSPS) is 16.8. The van der Waals surface area contributed by atoms with Crippen molar-refractivity contribution in [2.24, 2.45) is 0 Å². The largest absolute Gasteiger partial charge is 0.497 e. The van der Waals surface area contributed by atoms with Crippen LogP contribution in [0.4, 0.5) is 5.69 Å². The number of carbonyl (C=O) groups is 1. The molecule has 0 spiro atoms. The Morgan fingerprint density at radius 2 is 2.07 bits per heavy atom.